The van der Waals surface area contributed by atoms with E-state index in [1.807, 2.05) is 0 Å². The summed E-state index contributed by atoms with van der Waals surface area (Å²) in [5.74, 6) is -1.07. The highest BCUT2D eigenvalue weighted by Crippen LogP contribution is 2.48. The summed E-state index contributed by atoms with van der Waals surface area (Å²) in [5.41, 5.74) is 0.404. The van der Waals surface area contributed by atoms with Gasteiger partial charge in [0.05, 0.1) is 11.5 Å². The van der Waals surface area contributed by atoms with Crippen LogP contribution in [-0.4, -0.2) is 28.0 Å². The van der Waals surface area contributed by atoms with Gasteiger partial charge in [0.1, 0.15) is 5.15 Å². The lowest BCUT2D eigenvalue weighted by Gasteiger charge is -2.28. The zero-order valence-corrected chi connectivity index (χ0v) is 11.5. The van der Waals surface area contributed by atoms with Crippen LogP contribution in [0, 0.1) is 17.8 Å². The van der Waals surface area contributed by atoms with Crippen LogP contribution in [-0.2, 0) is 4.79 Å². The van der Waals surface area contributed by atoms with Crippen molar-refractivity contribution in [2.24, 2.45) is 17.8 Å². The van der Waals surface area contributed by atoms with Crippen LogP contribution in [0.1, 0.15) is 29.6 Å². The van der Waals surface area contributed by atoms with Gasteiger partial charge in [-0.2, -0.15) is 0 Å². The number of amides is 1. The van der Waals surface area contributed by atoms with E-state index in [2.05, 4.69) is 10.3 Å². The number of hydrogen-bond donors (Lipinski definition) is 2. The Morgan fingerprint density at radius 1 is 1.30 bits per heavy atom. The summed E-state index contributed by atoms with van der Waals surface area (Å²) in [4.78, 5) is 27.4. The van der Waals surface area contributed by atoms with Crippen LogP contribution < -0.4 is 5.32 Å². The van der Waals surface area contributed by atoms with Crippen LogP contribution in [0.15, 0.2) is 18.3 Å². The number of aliphatic carboxylic acids is 1. The molecule has 20 heavy (non-hydrogen) atoms. The normalized spacial score (nSPS) is 31.2. The summed E-state index contributed by atoms with van der Waals surface area (Å²) in [6.07, 6.45) is 4.26. The van der Waals surface area contributed by atoms with E-state index in [1.165, 1.54) is 6.20 Å². The molecule has 1 amide bonds. The number of hydrogen-bond acceptors (Lipinski definition) is 3. The smallest absolute Gasteiger partial charge is 0.308 e. The van der Waals surface area contributed by atoms with Crippen LogP contribution in [0.25, 0.3) is 0 Å². The molecule has 4 atom stereocenters. The van der Waals surface area contributed by atoms with Crippen LogP contribution in [0.2, 0.25) is 5.15 Å². The molecule has 106 valence electrons. The summed E-state index contributed by atoms with van der Waals surface area (Å²) < 4.78 is 0. The van der Waals surface area contributed by atoms with E-state index in [1.54, 1.807) is 12.1 Å². The van der Waals surface area contributed by atoms with Crippen LogP contribution >= 0.6 is 11.6 Å². The molecule has 4 unspecified atom stereocenters. The lowest BCUT2D eigenvalue weighted by Crippen LogP contribution is -2.46. The monoisotopic (exact) mass is 294 g/mol. The SMILES string of the molecule is O=C(NC1C2CCC(C2)C1C(=O)O)c1ccc(Cl)nc1. The molecule has 2 fully saturated rings. The Bertz CT molecular complexity index is 546. The van der Waals surface area contributed by atoms with Gasteiger partial charge in [-0.1, -0.05) is 11.6 Å². The number of halogens is 1. The average Bonchev–Trinajstić information content (AvgIpc) is 3.00. The zero-order chi connectivity index (χ0) is 14.3. The third-order valence-electron chi connectivity index (χ3n) is 4.49. The summed E-state index contributed by atoms with van der Waals surface area (Å²) >= 11 is 5.68. The standard InChI is InChI=1S/C14H15ClN2O3/c15-10-4-3-9(6-16-10)13(18)17-12-8-2-1-7(5-8)11(12)14(19)20/h3-4,6-8,11-12H,1-2,5H2,(H,17,18)(H,19,20). The number of nitrogens with zero attached hydrogens (tertiary/aromatic N) is 1. The second-order valence-electron chi connectivity index (χ2n) is 5.57. The second-order valence-corrected chi connectivity index (χ2v) is 5.95. The van der Waals surface area contributed by atoms with Gasteiger partial charge in [-0.25, -0.2) is 4.98 Å². The van der Waals surface area contributed by atoms with Crippen molar-refractivity contribution in [2.45, 2.75) is 25.3 Å². The first kappa shape index (κ1) is 13.4. The first-order valence-electron chi connectivity index (χ1n) is 6.71. The topological polar surface area (TPSA) is 79.3 Å². The minimum Gasteiger partial charge on any atom is -0.481 e. The first-order chi connectivity index (χ1) is 9.56. The Kier molecular flexibility index (Phi) is 3.38. The maximum Gasteiger partial charge on any atom is 0.308 e. The molecule has 2 N–H and O–H groups in total. The minimum atomic E-state index is -0.809. The largest absolute Gasteiger partial charge is 0.481 e. The number of rotatable bonds is 3. The fraction of sp³-hybridized carbons (Fsp3) is 0.500. The number of carbonyl (C=O) groups is 2. The molecule has 2 bridgehead atoms. The molecule has 0 aromatic carbocycles. The van der Waals surface area contributed by atoms with Gasteiger partial charge in [0.2, 0.25) is 0 Å². The molecule has 1 heterocycles. The Hall–Kier alpha value is -1.62. The Morgan fingerprint density at radius 2 is 2.05 bits per heavy atom. The molecule has 3 rings (SSSR count). The number of pyridine rings is 1. The molecule has 1 aromatic rings. The number of carboxylic acids is 1. The van der Waals surface area contributed by atoms with Crippen molar-refractivity contribution in [2.75, 3.05) is 0 Å². The van der Waals surface area contributed by atoms with Crippen molar-refractivity contribution in [1.29, 1.82) is 0 Å². The van der Waals surface area contributed by atoms with Crippen molar-refractivity contribution >= 4 is 23.5 Å². The Morgan fingerprint density at radius 3 is 2.70 bits per heavy atom. The second kappa shape index (κ2) is 5.05. The zero-order valence-electron chi connectivity index (χ0n) is 10.8. The van der Waals surface area contributed by atoms with Crippen molar-refractivity contribution in [1.82, 2.24) is 10.3 Å². The van der Waals surface area contributed by atoms with Gasteiger partial charge in [0.25, 0.3) is 5.91 Å². The van der Waals surface area contributed by atoms with E-state index in [9.17, 15) is 14.7 Å². The number of fused-ring (bicyclic) bond motifs is 2. The number of carboxylic acid groups (broad SMARTS) is 1. The fourth-order valence-corrected chi connectivity index (χ4v) is 3.71. The van der Waals surface area contributed by atoms with Gasteiger partial charge in [0.15, 0.2) is 0 Å². The maximum absolute atomic E-state index is 12.2. The Balaban J connectivity index is 1.75. The number of aromatic nitrogens is 1. The van der Waals surface area contributed by atoms with E-state index in [-0.39, 0.29) is 23.8 Å². The minimum absolute atomic E-state index is 0.200. The molecule has 2 aliphatic rings. The van der Waals surface area contributed by atoms with Crippen molar-refractivity contribution < 1.29 is 14.7 Å². The van der Waals surface area contributed by atoms with Gasteiger partial charge in [0, 0.05) is 12.2 Å². The third-order valence-corrected chi connectivity index (χ3v) is 4.71. The van der Waals surface area contributed by atoms with E-state index in [4.69, 9.17) is 11.6 Å². The summed E-state index contributed by atoms with van der Waals surface area (Å²) in [6, 6.07) is 2.87. The molecule has 0 radical (unpaired) electrons. The maximum atomic E-state index is 12.2. The molecule has 2 saturated carbocycles. The Labute approximate surface area is 121 Å². The van der Waals surface area contributed by atoms with Gasteiger partial charge >= 0.3 is 5.97 Å². The highest BCUT2D eigenvalue weighted by molar-refractivity contribution is 6.29. The van der Waals surface area contributed by atoms with Crippen molar-refractivity contribution in [3.63, 3.8) is 0 Å². The molecule has 6 heteroatoms. The van der Waals surface area contributed by atoms with Gasteiger partial charge in [-0.15, -0.1) is 0 Å². The lowest BCUT2D eigenvalue weighted by molar-refractivity contribution is -0.144. The third kappa shape index (κ3) is 2.26. The molecular formula is C14H15ClN2O3. The quantitative estimate of drug-likeness (QED) is 0.835. The van der Waals surface area contributed by atoms with Gasteiger partial charge < -0.3 is 10.4 Å². The predicted octanol–water partition coefficient (Wildman–Crippen LogP) is 1.96. The van der Waals surface area contributed by atoms with E-state index in [0.29, 0.717) is 10.7 Å². The van der Waals surface area contributed by atoms with E-state index < -0.39 is 11.9 Å². The molecule has 2 aliphatic carbocycles. The van der Waals surface area contributed by atoms with Gasteiger partial charge in [-0.05, 0) is 43.2 Å². The summed E-state index contributed by atoms with van der Waals surface area (Å²) in [7, 11) is 0. The summed E-state index contributed by atoms with van der Waals surface area (Å²) in [5, 5.41) is 12.5. The van der Waals surface area contributed by atoms with E-state index in [0.717, 1.165) is 19.3 Å². The molecule has 0 spiro atoms. The van der Waals surface area contributed by atoms with Crippen molar-refractivity contribution in [3.8, 4) is 0 Å². The summed E-state index contributed by atoms with van der Waals surface area (Å²) in [6.45, 7) is 0. The van der Waals surface area contributed by atoms with Crippen LogP contribution in [0.5, 0.6) is 0 Å². The predicted molar refractivity (Wildman–Crippen MR) is 72.5 cm³/mol. The van der Waals surface area contributed by atoms with E-state index >= 15 is 0 Å². The highest BCUT2D eigenvalue weighted by atomic mass is 35.5. The molecule has 0 saturated heterocycles. The number of carbonyl (C=O) groups excluding carboxylic acids is 1. The van der Waals surface area contributed by atoms with Gasteiger partial charge in [-0.3, -0.25) is 9.59 Å². The number of nitrogens with one attached hydrogen (secondary N) is 1. The van der Waals surface area contributed by atoms with Crippen LogP contribution in [0.3, 0.4) is 0 Å². The fourth-order valence-electron chi connectivity index (χ4n) is 3.60. The van der Waals surface area contributed by atoms with Crippen LogP contribution in [0.4, 0.5) is 0 Å². The van der Waals surface area contributed by atoms with Crippen molar-refractivity contribution in [3.05, 3.63) is 29.0 Å². The molecular weight excluding hydrogens is 280 g/mol. The molecule has 0 aliphatic heterocycles. The average molecular weight is 295 g/mol. The highest BCUT2D eigenvalue weighted by Gasteiger charge is 2.51. The lowest BCUT2D eigenvalue weighted by atomic mass is 9.84. The first-order valence-corrected chi connectivity index (χ1v) is 7.09. The molecule has 5 nitrogen and oxygen atoms in total. The molecule has 1 aromatic heterocycles.